The summed E-state index contributed by atoms with van der Waals surface area (Å²) >= 11 is 6.35. The third kappa shape index (κ3) is 5.60. The van der Waals surface area contributed by atoms with Crippen LogP contribution in [0.25, 0.3) is 10.8 Å². The fraction of sp³-hybridized carbons (Fsp3) is 0.357. The average Bonchev–Trinajstić information content (AvgIpc) is 3.09. The molecule has 3 aromatic carbocycles. The minimum atomic E-state index is -3.69. The lowest BCUT2D eigenvalue weighted by molar-refractivity contribution is -0.140. The highest BCUT2D eigenvalue weighted by molar-refractivity contribution is 7.93. The molecule has 0 aromatic heterocycles. The molecule has 3 aromatic rings. The van der Waals surface area contributed by atoms with Gasteiger partial charge in [0, 0.05) is 36.5 Å². The summed E-state index contributed by atoms with van der Waals surface area (Å²) in [5, 5.41) is 4.99. The molecule has 0 fully saturated rings. The van der Waals surface area contributed by atoms with E-state index in [0.717, 1.165) is 10.9 Å². The Balaban J connectivity index is 1.49. The fourth-order valence-electron chi connectivity index (χ4n) is 4.56. The average molecular weight is 542 g/mol. The summed E-state index contributed by atoms with van der Waals surface area (Å²) in [5.41, 5.74) is 1.38. The van der Waals surface area contributed by atoms with Crippen LogP contribution >= 0.6 is 11.6 Å². The molecule has 4 rings (SSSR count). The standard InChI is InChI=1S/C28H32ClN3O4S/c1-19(2)17-30-28(34)20(3)31(18-22-9-4-5-12-23(22)29)26(33)15-8-16-32-24-13-6-10-21-11-7-14-25(27(21)24)37(32,35)36/h4-7,9-14,19-20H,8,15-18H2,1-3H3,(H,30,34)/t20-/m0/s1. The largest absolute Gasteiger partial charge is 0.354 e. The monoisotopic (exact) mass is 541 g/mol. The van der Waals surface area contributed by atoms with Crippen molar-refractivity contribution in [2.45, 2.75) is 51.1 Å². The Morgan fingerprint density at radius 1 is 1.00 bits per heavy atom. The molecule has 7 nitrogen and oxygen atoms in total. The summed E-state index contributed by atoms with van der Waals surface area (Å²) in [4.78, 5) is 28.1. The van der Waals surface area contributed by atoms with Crippen LogP contribution in [0.4, 0.5) is 5.69 Å². The van der Waals surface area contributed by atoms with Crippen molar-refractivity contribution in [3.05, 3.63) is 71.2 Å². The highest BCUT2D eigenvalue weighted by Gasteiger charge is 2.35. The van der Waals surface area contributed by atoms with Gasteiger partial charge in [0.1, 0.15) is 6.04 Å². The molecule has 0 unspecified atom stereocenters. The van der Waals surface area contributed by atoms with Gasteiger partial charge >= 0.3 is 0 Å². The lowest BCUT2D eigenvalue weighted by Crippen LogP contribution is -2.48. The minimum Gasteiger partial charge on any atom is -0.354 e. The van der Waals surface area contributed by atoms with E-state index in [1.807, 2.05) is 50.2 Å². The molecule has 1 aliphatic rings. The zero-order chi connectivity index (χ0) is 26.7. The molecule has 1 aliphatic heterocycles. The Kier molecular flexibility index (Phi) is 8.09. The number of benzene rings is 3. The fourth-order valence-corrected chi connectivity index (χ4v) is 6.51. The molecule has 0 saturated heterocycles. The van der Waals surface area contributed by atoms with E-state index < -0.39 is 16.1 Å². The normalized spacial score (nSPS) is 14.7. The lowest BCUT2D eigenvalue weighted by atomic mass is 10.1. The van der Waals surface area contributed by atoms with Gasteiger partial charge in [-0.15, -0.1) is 0 Å². The molecule has 9 heteroatoms. The predicted octanol–water partition coefficient (Wildman–Crippen LogP) is 4.97. The minimum absolute atomic E-state index is 0.0879. The van der Waals surface area contributed by atoms with Crippen LogP contribution in [0.1, 0.15) is 39.2 Å². The molecule has 1 N–H and O–H groups in total. The maximum Gasteiger partial charge on any atom is 0.265 e. The maximum absolute atomic E-state index is 13.4. The van der Waals surface area contributed by atoms with Gasteiger partial charge < -0.3 is 10.2 Å². The van der Waals surface area contributed by atoms with Gasteiger partial charge in [-0.05, 0) is 48.4 Å². The number of carbonyl (C=O) groups is 2. The first kappa shape index (κ1) is 26.9. The Labute approximate surface area is 223 Å². The summed E-state index contributed by atoms with van der Waals surface area (Å²) < 4.78 is 27.9. The smallest absolute Gasteiger partial charge is 0.265 e. The zero-order valence-corrected chi connectivity index (χ0v) is 22.8. The SMILES string of the molecule is CC(C)CNC(=O)[C@H](C)N(Cc1ccccc1Cl)C(=O)CCCN1c2cccc3cccc(c23)S1(=O)=O. The number of amides is 2. The van der Waals surface area contributed by atoms with Crippen LogP contribution in [0.2, 0.25) is 5.02 Å². The summed E-state index contributed by atoms with van der Waals surface area (Å²) in [6.45, 7) is 6.56. The number of hydrogen-bond donors (Lipinski definition) is 1. The molecule has 1 heterocycles. The van der Waals surface area contributed by atoms with E-state index in [-0.39, 0.29) is 37.2 Å². The molecule has 0 radical (unpaired) electrons. The van der Waals surface area contributed by atoms with Gasteiger partial charge in [-0.1, -0.05) is 67.9 Å². The van der Waals surface area contributed by atoms with Gasteiger partial charge in [0.25, 0.3) is 10.0 Å². The van der Waals surface area contributed by atoms with E-state index in [1.165, 1.54) is 9.21 Å². The molecule has 2 amide bonds. The first-order valence-corrected chi connectivity index (χ1v) is 14.3. The van der Waals surface area contributed by atoms with Gasteiger partial charge in [-0.25, -0.2) is 8.42 Å². The summed E-state index contributed by atoms with van der Waals surface area (Å²) in [7, 11) is -3.69. The van der Waals surface area contributed by atoms with Gasteiger partial charge in [-0.3, -0.25) is 13.9 Å². The van der Waals surface area contributed by atoms with Crippen LogP contribution in [-0.2, 0) is 26.2 Å². The molecule has 0 spiro atoms. The predicted molar refractivity (Wildman–Crippen MR) is 147 cm³/mol. The van der Waals surface area contributed by atoms with Crippen molar-refractivity contribution in [3.8, 4) is 0 Å². The molecule has 1 atom stereocenters. The van der Waals surface area contributed by atoms with Crippen LogP contribution in [0, 0.1) is 5.92 Å². The number of carbonyl (C=O) groups excluding carboxylic acids is 2. The van der Waals surface area contributed by atoms with Crippen molar-refractivity contribution in [1.82, 2.24) is 10.2 Å². The third-order valence-corrected chi connectivity index (χ3v) is 8.81. The Hall–Kier alpha value is -3.10. The molecule has 0 aliphatic carbocycles. The van der Waals surface area contributed by atoms with Crippen molar-refractivity contribution < 1.29 is 18.0 Å². The first-order chi connectivity index (χ1) is 17.6. The molecule has 37 heavy (non-hydrogen) atoms. The lowest BCUT2D eigenvalue weighted by Gasteiger charge is -2.29. The number of anilines is 1. The van der Waals surface area contributed by atoms with Crippen LogP contribution in [0.15, 0.2) is 65.6 Å². The van der Waals surface area contributed by atoms with E-state index >= 15 is 0 Å². The Morgan fingerprint density at radius 2 is 1.70 bits per heavy atom. The number of rotatable bonds is 10. The number of hydrogen-bond acceptors (Lipinski definition) is 4. The third-order valence-electron chi connectivity index (χ3n) is 6.58. The summed E-state index contributed by atoms with van der Waals surface area (Å²) in [6, 6.07) is 17.3. The van der Waals surface area contributed by atoms with Crippen molar-refractivity contribution in [1.29, 1.82) is 0 Å². The van der Waals surface area contributed by atoms with E-state index in [1.54, 1.807) is 31.2 Å². The van der Waals surface area contributed by atoms with Crippen molar-refractivity contribution in [2.75, 3.05) is 17.4 Å². The molecule has 0 bridgehead atoms. The zero-order valence-electron chi connectivity index (χ0n) is 21.3. The van der Waals surface area contributed by atoms with Gasteiger partial charge in [0.2, 0.25) is 11.8 Å². The van der Waals surface area contributed by atoms with Crippen LogP contribution in [0.3, 0.4) is 0 Å². The quantitative estimate of drug-likeness (QED) is 0.392. The number of nitrogens with one attached hydrogen (secondary N) is 1. The number of sulfonamides is 1. The topological polar surface area (TPSA) is 86.8 Å². The molecular formula is C28H32ClN3O4S. The molecule has 196 valence electrons. The van der Waals surface area contributed by atoms with Crippen LogP contribution in [0.5, 0.6) is 0 Å². The van der Waals surface area contributed by atoms with Crippen LogP contribution < -0.4 is 9.62 Å². The van der Waals surface area contributed by atoms with Crippen molar-refractivity contribution in [2.24, 2.45) is 5.92 Å². The van der Waals surface area contributed by atoms with E-state index in [2.05, 4.69) is 5.32 Å². The van der Waals surface area contributed by atoms with Gasteiger partial charge in [-0.2, -0.15) is 0 Å². The molecule has 0 saturated carbocycles. The number of nitrogens with zero attached hydrogens (tertiary/aromatic N) is 2. The van der Waals surface area contributed by atoms with Gasteiger partial charge in [0.15, 0.2) is 0 Å². The first-order valence-electron chi connectivity index (χ1n) is 12.5. The van der Waals surface area contributed by atoms with Gasteiger partial charge in [0.05, 0.1) is 10.6 Å². The van der Waals surface area contributed by atoms with E-state index in [9.17, 15) is 18.0 Å². The van der Waals surface area contributed by atoms with E-state index in [4.69, 9.17) is 11.6 Å². The second-order valence-corrected chi connectivity index (χ2v) is 12.0. The second-order valence-electron chi connectivity index (χ2n) is 9.74. The highest BCUT2D eigenvalue weighted by atomic mass is 35.5. The molecular weight excluding hydrogens is 510 g/mol. The second kappa shape index (κ2) is 11.1. The van der Waals surface area contributed by atoms with Crippen molar-refractivity contribution in [3.63, 3.8) is 0 Å². The van der Waals surface area contributed by atoms with Crippen LogP contribution in [-0.4, -0.2) is 44.3 Å². The maximum atomic E-state index is 13.4. The number of halogens is 1. The highest BCUT2D eigenvalue weighted by Crippen LogP contribution is 2.42. The summed E-state index contributed by atoms with van der Waals surface area (Å²) in [5.74, 6) is -0.197. The summed E-state index contributed by atoms with van der Waals surface area (Å²) in [6.07, 6.45) is 0.395. The van der Waals surface area contributed by atoms with E-state index in [0.29, 0.717) is 34.0 Å². The Morgan fingerprint density at radius 3 is 2.41 bits per heavy atom. The Bertz CT molecular complexity index is 1420. The van der Waals surface area contributed by atoms with Crippen molar-refractivity contribution >= 4 is 49.9 Å².